The molecule has 0 saturated heterocycles. The third-order valence-electron chi connectivity index (χ3n) is 3.15. The van der Waals surface area contributed by atoms with Gasteiger partial charge < -0.3 is 4.43 Å². The first-order valence-corrected chi connectivity index (χ1v) is 8.29. The standard InChI is InChI=1S/C18H15OSi/c1-4-10-16(11-5-1)19-20(17-12-6-2-7-13-17)18-14-8-3-9-15-18/h2-15,20H. The van der Waals surface area contributed by atoms with Crippen LogP contribution in [0.3, 0.4) is 0 Å². The maximum absolute atomic E-state index is 6.31. The van der Waals surface area contributed by atoms with Gasteiger partial charge in [-0.1, -0.05) is 72.8 Å². The van der Waals surface area contributed by atoms with Crippen LogP contribution in [-0.2, 0) is 0 Å². The average molecular weight is 275 g/mol. The molecule has 0 aliphatic heterocycles. The van der Waals surface area contributed by atoms with Gasteiger partial charge in [0.1, 0.15) is 5.75 Å². The Labute approximate surface area is 121 Å². The minimum absolute atomic E-state index is 0.910. The van der Waals surface area contributed by atoms with E-state index in [9.17, 15) is 0 Å². The summed E-state index contributed by atoms with van der Waals surface area (Å²) >= 11 is 0. The summed E-state index contributed by atoms with van der Waals surface area (Å²) in [5.74, 6) is 0.910. The molecule has 0 aliphatic rings. The van der Waals surface area contributed by atoms with Crippen molar-refractivity contribution in [1.82, 2.24) is 0 Å². The lowest BCUT2D eigenvalue weighted by Crippen LogP contribution is -2.47. The second-order valence-corrected chi connectivity index (χ2v) is 6.88. The van der Waals surface area contributed by atoms with Crippen LogP contribution in [0, 0.1) is 6.07 Å². The van der Waals surface area contributed by atoms with Gasteiger partial charge in [0, 0.05) is 0 Å². The molecule has 1 nitrogen and oxygen atoms in total. The maximum Gasteiger partial charge on any atom is 0.299 e. The van der Waals surface area contributed by atoms with E-state index in [1.165, 1.54) is 10.4 Å². The molecule has 0 N–H and O–H groups in total. The molecule has 0 unspecified atom stereocenters. The van der Waals surface area contributed by atoms with E-state index in [-0.39, 0.29) is 0 Å². The molecule has 0 bridgehead atoms. The fourth-order valence-corrected chi connectivity index (χ4v) is 4.40. The first-order valence-electron chi connectivity index (χ1n) is 6.66. The largest absolute Gasteiger partial charge is 0.537 e. The lowest BCUT2D eigenvalue weighted by Gasteiger charge is -2.18. The number of hydrogen-bond acceptors (Lipinski definition) is 1. The summed E-state index contributed by atoms with van der Waals surface area (Å²) in [4.78, 5) is 0. The molecular weight excluding hydrogens is 260 g/mol. The highest BCUT2D eigenvalue weighted by Crippen LogP contribution is 2.09. The van der Waals surface area contributed by atoms with Gasteiger partial charge in [-0.2, -0.15) is 0 Å². The molecule has 0 aliphatic carbocycles. The van der Waals surface area contributed by atoms with Crippen LogP contribution in [0.1, 0.15) is 0 Å². The molecule has 2 heteroatoms. The Hall–Kier alpha value is -2.32. The van der Waals surface area contributed by atoms with Crippen molar-refractivity contribution < 1.29 is 4.43 Å². The molecule has 0 heterocycles. The molecule has 0 aromatic heterocycles. The summed E-state index contributed by atoms with van der Waals surface area (Å²) in [6.45, 7) is 0. The predicted molar refractivity (Wildman–Crippen MR) is 85.2 cm³/mol. The fraction of sp³-hybridized carbons (Fsp3) is 0. The maximum atomic E-state index is 6.31. The van der Waals surface area contributed by atoms with Gasteiger partial charge in [0.25, 0.3) is 9.04 Å². The van der Waals surface area contributed by atoms with Crippen molar-refractivity contribution in [3.05, 3.63) is 91.0 Å². The third kappa shape index (κ3) is 2.98. The highest BCUT2D eigenvalue weighted by atomic mass is 28.3. The van der Waals surface area contributed by atoms with Crippen molar-refractivity contribution in [2.75, 3.05) is 0 Å². The van der Waals surface area contributed by atoms with E-state index in [1.54, 1.807) is 0 Å². The monoisotopic (exact) mass is 275 g/mol. The van der Waals surface area contributed by atoms with Gasteiger partial charge >= 0.3 is 0 Å². The molecular formula is C18H15OSi. The Bertz CT molecular complexity index is 599. The van der Waals surface area contributed by atoms with Gasteiger partial charge in [0.05, 0.1) is 0 Å². The molecule has 0 saturated carbocycles. The molecule has 3 rings (SSSR count). The van der Waals surface area contributed by atoms with Gasteiger partial charge in [0.2, 0.25) is 0 Å². The second kappa shape index (κ2) is 6.22. The van der Waals surface area contributed by atoms with Crippen LogP contribution in [0.2, 0.25) is 0 Å². The molecule has 3 aromatic carbocycles. The SMILES string of the molecule is [c]1ccc(O[SiH](c2ccccc2)c2ccccc2)cc1. The Morgan fingerprint density at radius 1 is 0.650 bits per heavy atom. The van der Waals surface area contributed by atoms with E-state index in [0.717, 1.165) is 5.75 Å². The Morgan fingerprint density at radius 3 is 1.65 bits per heavy atom. The average Bonchev–Trinajstić information content (AvgIpc) is 2.55. The molecule has 0 atom stereocenters. The molecule has 0 spiro atoms. The molecule has 3 aromatic rings. The quantitative estimate of drug-likeness (QED) is 0.664. The molecule has 0 amide bonds. The van der Waals surface area contributed by atoms with Crippen LogP contribution >= 0.6 is 0 Å². The van der Waals surface area contributed by atoms with E-state index < -0.39 is 9.04 Å². The topological polar surface area (TPSA) is 9.23 Å². The van der Waals surface area contributed by atoms with Gasteiger partial charge in [0.15, 0.2) is 0 Å². The van der Waals surface area contributed by atoms with Crippen molar-refractivity contribution in [2.24, 2.45) is 0 Å². The van der Waals surface area contributed by atoms with Crippen LogP contribution in [0.15, 0.2) is 84.9 Å². The molecule has 20 heavy (non-hydrogen) atoms. The van der Waals surface area contributed by atoms with Crippen LogP contribution in [0.5, 0.6) is 5.75 Å². The van der Waals surface area contributed by atoms with Gasteiger partial charge in [-0.25, -0.2) is 0 Å². The minimum atomic E-state index is -1.69. The van der Waals surface area contributed by atoms with E-state index >= 15 is 0 Å². The van der Waals surface area contributed by atoms with E-state index in [0.29, 0.717) is 0 Å². The van der Waals surface area contributed by atoms with Crippen LogP contribution in [-0.4, -0.2) is 9.04 Å². The molecule has 97 valence electrons. The Morgan fingerprint density at radius 2 is 1.15 bits per heavy atom. The van der Waals surface area contributed by atoms with Crippen LogP contribution in [0.25, 0.3) is 0 Å². The van der Waals surface area contributed by atoms with Gasteiger partial charge in [-0.3, -0.25) is 0 Å². The summed E-state index contributed by atoms with van der Waals surface area (Å²) in [5.41, 5.74) is 0. The Balaban J connectivity index is 1.96. The fourth-order valence-electron chi connectivity index (χ4n) is 2.17. The van der Waals surface area contributed by atoms with Gasteiger partial charge in [-0.05, 0) is 28.6 Å². The first kappa shape index (κ1) is 12.7. The van der Waals surface area contributed by atoms with Crippen molar-refractivity contribution in [3.63, 3.8) is 0 Å². The van der Waals surface area contributed by atoms with Gasteiger partial charge in [-0.15, -0.1) is 0 Å². The highest BCUT2D eigenvalue weighted by Gasteiger charge is 2.18. The predicted octanol–water partition coefficient (Wildman–Crippen LogP) is 2.40. The summed E-state index contributed by atoms with van der Waals surface area (Å²) in [6, 6.07) is 31.7. The minimum Gasteiger partial charge on any atom is -0.537 e. The lowest BCUT2D eigenvalue weighted by molar-refractivity contribution is 0.592. The van der Waals surface area contributed by atoms with Crippen molar-refractivity contribution in [1.29, 1.82) is 0 Å². The van der Waals surface area contributed by atoms with Crippen LogP contribution in [0.4, 0.5) is 0 Å². The second-order valence-electron chi connectivity index (χ2n) is 4.55. The van der Waals surface area contributed by atoms with Crippen LogP contribution < -0.4 is 14.8 Å². The lowest BCUT2D eigenvalue weighted by atomic mass is 10.3. The first-order chi connectivity index (χ1) is 9.93. The number of rotatable bonds is 4. The summed E-state index contributed by atoms with van der Waals surface area (Å²) in [6.07, 6.45) is 0. The highest BCUT2D eigenvalue weighted by molar-refractivity contribution is 6.80. The Kier molecular flexibility index (Phi) is 3.95. The van der Waals surface area contributed by atoms with E-state index in [1.807, 2.05) is 36.4 Å². The number of benzene rings is 3. The van der Waals surface area contributed by atoms with E-state index in [2.05, 4.69) is 54.6 Å². The molecule has 0 fully saturated rings. The summed E-state index contributed by atoms with van der Waals surface area (Å²) < 4.78 is 6.31. The zero-order chi connectivity index (χ0) is 13.6. The van der Waals surface area contributed by atoms with Crippen molar-refractivity contribution in [3.8, 4) is 5.75 Å². The smallest absolute Gasteiger partial charge is 0.299 e. The molecule has 1 radical (unpaired) electrons. The summed E-state index contributed by atoms with van der Waals surface area (Å²) in [5, 5.41) is 2.57. The number of hydrogen-bond donors (Lipinski definition) is 0. The summed E-state index contributed by atoms with van der Waals surface area (Å²) in [7, 11) is -1.69. The van der Waals surface area contributed by atoms with E-state index in [4.69, 9.17) is 4.43 Å². The third-order valence-corrected chi connectivity index (χ3v) is 5.63. The normalized spacial score (nSPS) is 10.4. The zero-order valence-corrected chi connectivity index (χ0v) is 12.2. The van der Waals surface area contributed by atoms with Crippen molar-refractivity contribution in [2.45, 2.75) is 0 Å². The van der Waals surface area contributed by atoms with Crippen molar-refractivity contribution >= 4 is 19.4 Å². The zero-order valence-electron chi connectivity index (χ0n) is 11.1.